The van der Waals surface area contributed by atoms with Crippen LogP contribution >= 0.6 is 0 Å². The smallest absolute Gasteiger partial charge is 0.312 e. The van der Waals surface area contributed by atoms with Crippen LogP contribution in [0.2, 0.25) is 0 Å². The van der Waals surface area contributed by atoms with Crippen molar-refractivity contribution < 1.29 is 14.6 Å². The molecule has 0 bridgehead atoms. The van der Waals surface area contributed by atoms with Gasteiger partial charge in [0.15, 0.2) is 0 Å². The average Bonchev–Trinajstić information content (AvgIpc) is 2.91. The zero-order chi connectivity index (χ0) is 14.8. The van der Waals surface area contributed by atoms with Crippen molar-refractivity contribution in [2.75, 3.05) is 6.61 Å². The molecule has 0 amide bonds. The summed E-state index contributed by atoms with van der Waals surface area (Å²) in [5.41, 5.74) is 2.55. The van der Waals surface area contributed by atoms with Gasteiger partial charge in [0.2, 0.25) is 0 Å². The van der Waals surface area contributed by atoms with Crippen LogP contribution < -0.4 is 4.74 Å². The lowest BCUT2D eigenvalue weighted by molar-refractivity contribution is -0.139. The van der Waals surface area contributed by atoms with Crippen LogP contribution in [0.4, 0.5) is 0 Å². The number of carboxylic acids is 1. The summed E-state index contributed by atoms with van der Waals surface area (Å²) in [6.45, 7) is 2.55. The van der Waals surface area contributed by atoms with Crippen LogP contribution in [0.5, 0.6) is 5.75 Å². The number of carbonyl (C=O) groups is 1. The molecule has 1 aliphatic carbocycles. The van der Waals surface area contributed by atoms with E-state index in [4.69, 9.17) is 4.74 Å². The van der Waals surface area contributed by atoms with Crippen LogP contribution in [-0.4, -0.2) is 27.7 Å². The molecule has 1 aromatic heterocycles. The number of ether oxygens (including phenoxy) is 1. The number of H-pyrrole nitrogens is 1. The Hall–Kier alpha value is -2.30. The predicted octanol–water partition coefficient (Wildman–Crippen LogP) is 2.98. The van der Waals surface area contributed by atoms with Gasteiger partial charge in [0.05, 0.1) is 12.3 Å². The predicted molar refractivity (Wildman–Crippen MR) is 78.5 cm³/mol. The van der Waals surface area contributed by atoms with Gasteiger partial charge in [0, 0.05) is 11.3 Å². The summed E-state index contributed by atoms with van der Waals surface area (Å²) in [7, 11) is 0. The van der Waals surface area contributed by atoms with Crippen LogP contribution in [0.25, 0.3) is 11.4 Å². The van der Waals surface area contributed by atoms with E-state index in [2.05, 4.69) is 9.97 Å². The lowest BCUT2D eigenvalue weighted by Crippen LogP contribution is -2.17. The molecule has 0 aliphatic heterocycles. The monoisotopic (exact) mass is 286 g/mol. The molecule has 0 radical (unpaired) electrons. The van der Waals surface area contributed by atoms with Crippen molar-refractivity contribution in [3.8, 4) is 17.1 Å². The van der Waals surface area contributed by atoms with Crippen molar-refractivity contribution in [1.29, 1.82) is 0 Å². The van der Waals surface area contributed by atoms with Gasteiger partial charge >= 0.3 is 5.97 Å². The molecule has 0 fully saturated rings. The standard InChI is InChI=1S/C16H18N2O3/c1-2-21-11-6-3-5-10(9-11)15-17-13-8-4-7-12(16(19)20)14(13)18-15/h3,5-6,9,12H,2,4,7-8H2,1H3,(H,17,18)(H,19,20). The number of rotatable bonds is 4. The number of nitrogens with zero attached hydrogens (tertiary/aromatic N) is 1. The van der Waals surface area contributed by atoms with E-state index < -0.39 is 11.9 Å². The van der Waals surface area contributed by atoms with Crippen molar-refractivity contribution in [2.24, 2.45) is 0 Å². The number of benzene rings is 1. The fourth-order valence-electron chi connectivity index (χ4n) is 2.80. The lowest BCUT2D eigenvalue weighted by atomic mass is 9.90. The largest absolute Gasteiger partial charge is 0.494 e. The molecule has 0 spiro atoms. The van der Waals surface area contributed by atoms with Gasteiger partial charge in [-0.2, -0.15) is 0 Å². The van der Waals surface area contributed by atoms with E-state index in [0.29, 0.717) is 18.7 Å². The molecule has 2 N–H and O–H groups in total. The average molecular weight is 286 g/mol. The van der Waals surface area contributed by atoms with Crippen molar-refractivity contribution in [3.05, 3.63) is 35.7 Å². The van der Waals surface area contributed by atoms with Gasteiger partial charge in [-0.25, -0.2) is 4.98 Å². The SMILES string of the molecule is CCOc1cccc(-c2nc3c([nH]2)CCCC3C(=O)O)c1. The number of hydrogen-bond donors (Lipinski definition) is 2. The first-order chi connectivity index (χ1) is 10.2. The number of hydrogen-bond acceptors (Lipinski definition) is 3. The van der Waals surface area contributed by atoms with Gasteiger partial charge in [-0.05, 0) is 38.3 Å². The van der Waals surface area contributed by atoms with E-state index in [9.17, 15) is 9.90 Å². The first-order valence-electron chi connectivity index (χ1n) is 7.24. The molecule has 0 saturated heterocycles. The molecule has 5 nitrogen and oxygen atoms in total. The highest BCUT2D eigenvalue weighted by Crippen LogP contribution is 2.33. The molecule has 1 unspecified atom stereocenters. The first-order valence-corrected chi connectivity index (χ1v) is 7.24. The second-order valence-electron chi connectivity index (χ2n) is 5.19. The third kappa shape index (κ3) is 2.63. The Bertz CT molecular complexity index is 663. The molecule has 1 aromatic carbocycles. The molecule has 1 atom stereocenters. The molecule has 1 aliphatic rings. The van der Waals surface area contributed by atoms with E-state index in [1.54, 1.807) is 0 Å². The van der Waals surface area contributed by atoms with Crippen LogP contribution in [0.1, 0.15) is 37.1 Å². The van der Waals surface area contributed by atoms with Gasteiger partial charge in [0.25, 0.3) is 0 Å². The van der Waals surface area contributed by atoms with Crippen molar-refractivity contribution in [2.45, 2.75) is 32.1 Å². The molecule has 0 saturated carbocycles. The Labute approximate surface area is 123 Å². The molecule has 2 aromatic rings. The second-order valence-corrected chi connectivity index (χ2v) is 5.19. The minimum atomic E-state index is -0.794. The molecule has 110 valence electrons. The van der Waals surface area contributed by atoms with Crippen LogP contribution in [-0.2, 0) is 11.2 Å². The summed E-state index contributed by atoms with van der Waals surface area (Å²) in [5, 5.41) is 9.31. The molecule has 1 heterocycles. The maximum Gasteiger partial charge on any atom is 0.312 e. The number of imidazole rings is 1. The number of aliphatic carboxylic acids is 1. The number of aryl methyl sites for hydroxylation is 1. The van der Waals surface area contributed by atoms with E-state index in [1.807, 2.05) is 31.2 Å². The summed E-state index contributed by atoms with van der Waals surface area (Å²) < 4.78 is 5.49. The minimum absolute atomic E-state index is 0.492. The van der Waals surface area contributed by atoms with E-state index in [-0.39, 0.29) is 0 Å². The Kier molecular flexibility index (Phi) is 3.64. The molecular formula is C16H18N2O3. The second kappa shape index (κ2) is 5.60. The quantitative estimate of drug-likeness (QED) is 0.906. The van der Waals surface area contributed by atoms with Crippen LogP contribution in [0.15, 0.2) is 24.3 Å². The Morgan fingerprint density at radius 1 is 1.52 bits per heavy atom. The van der Waals surface area contributed by atoms with Crippen LogP contribution in [0, 0.1) is 0 Å². The number of nitrogens with one attached hydrogen (secondary N) is 1. The number of aromatic amines is 1. The van der Waals surface area contributed by atoms with Gasteiger partial charge in [-0.15, -0.1) is 0 Å². The fraction of sp³-hybridized carbons (Fsp3) is 0.375. The Morgan fingerprint density at radius 3 is 3.14 bits per heavy atom. The third-order valence-corrected chi connectivity index (χ3v) is 3.78. The number of aromatic nitrogens is 2. The van der Waals surface area contributed by atoms with E-state index in [1.165, 1.54) is 0 Å². The van der Waals surface area contributed by atoms with Gasteiger partial charge in [-0.1, -0.05) is 12.1 Å². The van der Waals surface area contributed by atoms with Crippen molar-refractivity contribution in [1.82, 2.24) is 9.97 Å². The Balaban J connectivity index is 1.97. The summed E-state index contributed by atoms with van der Waals surface area (Å²) in [4.78, 5) is 19.1. The molecule has 3 rings (SSSR count). The normalized spacial score (nSPS) is 17.3. The maximum absolute atomic E-state index is 11.3. The number of fused-ring (bicyclic) bond motifs is 1. The summed E-state index contributed by atoms with van der Waals surface area (Å²) in [5.74, 6) is 0.222. The summed E-state index contributed by atoms with van der Waals surface area (Å²) >= 11 is 0. The topological polar surface area (TPSA) is 75.2 Å². The van der Waals surface area contributed by atoms with Crippen molar-refractivity contribution >= 4 is 5.97 Å². The highest BCUT2D eigenvalue weighted by atomic mass is 16.5. The van der Waals surface area contributed by atoms with Gasteiger partial charge in [0.1, 0.15) is 17.5 Å². The highest BCUT2D eigenvalue weighted by molar-refractivity contribution is 5.76. The van der Waals surface area contributed by atoms with Gasteiger partial charge in [-0.3, -0.25) is 4.79 Å². The zero-order valence-electron chi connectivity index (χ0n) is 11.9. The molecule has 21 heavy (non-hydrogen) atoms. The Morgan fingerprint density at radius 2 is 2.38 bits per heavy atom. The number of carboxylic acid groups (broad SMARTS) is 1. The highest BCUT2D eigenvalue weighted by Gasteiger charge is 2.29. The summed E-state index contributed by atoms with van der Waals surface area (Å²) in [6.07, 6.45) is 2.40. The third-order valence-electron chi connectivity index (χ3n) is 3.78. The van der Waals surface area contributed by atoms with Gasteiger partial charge < -0.3 is 14.8 Å². The maximum atomic E-state index is 11.3. The minimum Gasteiger partial charge on any atom is -0.494 e. The fourth-order valence-corrected chi connectivity index (χ4v) is 2.80. The summed E-state index contributed by atoms with van der Waals surface area (Å²) in [6, 6.07) is 7.68. The van der Waals surface area contributed by atoms with E-state index in [0.717, 1.165) is 35.7 Å². The lowest BCUT2D eigenvalue weighted by Gasteiger charge is -2.16. The zero-order valence-corrected chi connectivity index (χ0v) is 11.9. The molecular weight excluding hydrogens is 268 g/mol. The van der Waals surface area contributed by atoms with Crippen LogP contribution in [0.3, 0.4) is 0 Å². The van der Waals surface area contributed by atoms with E-state index >= 15 is 0 Å². The first kappa shape index (κ1) is 13.7. The van der Waals surface area contributed by atoms with Crippen molar-refractivity contribution in [3.63, 3.8) is 0 Å². The molecule has 5 heteroatoms.